The van der Waals surface area contributed by atoms with Crippen LogP contribution in [-0.2, 0) is 11.3 Å². The molecule has 0 bridgehead atoms. The first-order valence-electron chi connectivity index (χ1n) is 8.53. The number of amides is 2. The van der Waals surface area contributed by atoms with Gasteiger partial charge in [-0.05, 0) is 55.8 Å². The summed E-state index contributed by atoms with van der Waals surface area (Å²) in [7, 11) is 0. The van der Waals surface area contributed by atoms with Gasteiger partial charge in [-0.3, -0.25) is 9.59 Å². The maximum absolute atomic E-state index is 12.3. The second-order valence-corrected chi connectivity index (χ2v) is 5.78. The molecule has 25 heavy (non-hydrogen) atoms. The average Bonchev–Trinajstić information content (AvgIpc) is 2.62. The SMILES string of the molecule is CCN(CC)c1ccc(NC(=O)c2ccc(CNC(C)=O)cc2)cc1. The number of nitrogens with one attached hydrogen (secondary N) is 2. The van der Waals surface area contributed by atoms with Gasteiger partial charge in [-0.2, -0.15) is 0 Å². The van der Waals surface area contributed by atoms with E-state index in [1.165, 1.54) is 6.92 Å². The van der Waals surface area contributed by atoms with E-state index in [0.29, 0.717) is 12.1 Å². The molecule has 0 aliphatic rings. The summed E-state index contributed by atoms with van der Waals surface area (Å²) < 4.78 is 0. The van der Waals surface area contributed by atoms with Gasteiger partial charge in [0.15, 0.2) is 0 Å². The number of hydrogen-bond donors (Lipinski definition) is 2. The third-order valence-electron chi connectivity index (χ3n) is 4.01. The maximum Gasteiger partial charge on any atom is 0.255 e. The molecule has 5 nitrogen and oxygen atoms in total. The first kappa shape index (κ1) is 18.5. The van der Waals surface area contributed by atoms with Gasteiger partial charge in [0.2, 0.25) is 5.91 Å². The summed E-state index contributed by atoms with van der Waals surface area (Å²) in [4.78, 5) is 25.5. The van der Waals surface area contributed by atoms with Gasteiger partial charge >= 0.3 is 0 Å². The molecule has 2 aromatic carbocycles. The van der Waals surface area contributed by atoms with Gasteiger partial charge < -0.3 is 15.5 Å². The van der Waals surface area contributed by atoms with Crippen molar-refractivity contribution in [3.05, 3.63) is 59.7 Å². The first-order valence-corrected chi connectivity index (χ1v) is 8.53. The van der Waals surface area contributed by atoms with E-state index in [9.17, 15) is 9.59 Å². The molecule has 2 N–H and O–H groups in total. The van der Waals surface area contributed by atoms with E-state index < -0.39 is 0 Å². The zero-order chi connectivity index (χ0) is 18.2. The molecule has 0 unspecified atom stereocenters. The molecule has 2 aromatic rings. The summed E-state index contributed by atoms with van der Waals surface area (Å²) >= 11 is 0. The Kier molecular flexibility index (Phi) is 6.57. The fourth-order valence-corrected chi connectivity index (χ4v) is 2.55. The highest BCUT2D eigenvalue weighted by Gasteiger charge is 2.07. The number of nitrogens with zero attached hydrogens (tertiary/aromatic N) is 1. The van der Waals surface area contributed by atoms with Crippen LogP contribution in [0.15, 0.2) is 48.5 Å². The van der Waals surface area contributed by atoms with E-state index in [0.717, 1.165) is 30.0 Å². The molecule has 0 saturated carbocycles. The van der Waals surface area contributed by atoms with Gasteiger partial charge in [0, 0.05) is 43.5 Å². The van der Waals surface area contributed by atoms with E-state index in [1.54, 1.807) is 12.1 Å². The highest BCUT2D eigenvalue weighted by atomic mass is 16.2. The minimum absolute atomic E-state index is 0.0741. The molecule has 132 valence electrons. The Morgan fingerprint density at radius 1 is 0.920 bits per heavy atom. The van der Waals surface area contributed by atoms with Crippen molar-refractivity contribution in [2.24, 2.45) is 0 Å². The van der Waals surface area contributed by atoms with Crippen molar-refractivity contribution in [3.63, 3.8) is 0 Å². The lowest BCUT2D eigenvalue weighted by Gasteiger charge is -2.21. The summed E-state index contributed by atoms with van der Waals surface area (Å²) in [5.41, 5.74) is 3.45. The average molecular weight is 339 g/mol. The Balaban J connectivity index is 1.98. The van der Waals surface area contributed by atoms with Gasteiger partial charge in [-0.1, -0.05) is 12.1 Å². The molecule has 0 aliphatic carbocycles. The maximum atomic E-state index is 12.3. The zero-order valence-electron chi connectivity index (χ0n) is 15.0. The van der Waals surface area contributed by atoms with E-state index >= 15 is 0 Å². The lowest BCUT2D eigenvalue weighted by molar-refractivity contribution is -0.119. The van der Waals surface area contributed by atoms with E-state index in [2.05, 4.69) is 29.4 Å². The van der Waals surface area contributed by atoms with Gasteiger partial charge in [0.25, 0.3) is 5.91 Å². The van der Waals surface area contributed by atoms with Gasteiger partial charge in [0.05, 0.1) is 0 Å². The third kappa shape index (κ3) is 5.35. The summed E-state index contributed by atoms with van der Waals surface area (Å²) in [5.74, 6) is -0.225. The molecule has 0 aliphatic heterocycles. The van der Waals surface area contributed by atoms with E-state index in [4.69, 9.17) is 0 Å². The number of carbonyl (C=O) groups is 2. The molecular formula is C20H25N3O2. The van der Waals surface area contributed by atoms with Crippen LogP contribution in [0.3, 0.4) is 0 Å². The van der Waals surface area contributed by atoms with Crippen LogP contribution in [0.4, 0.5) is 11.4 Å². The lowest BCUT2D eigenvalue weighted by Crippen LogP contribution is -2.21. The first-order chi connectivity index (χ1) is 12.0. The van der Waals surface area contributed by atoms with E-state index in [-0.39, 0.29) is 11.8 Å². The van der Waals surface area contributed by atoms with Crippen molar-refractivity contribution in [3.8, 4) is 0 Å². The number of hydrogen-bond acceptors (Lipinski definition) is 3. The fourth-order valence-electron chi connectivity index (χ4n) is 2.55. The lowest BCUT2D eigenvalue weighted by atomic mass is 10.1. The number of anilines is 2. The van der Waals surface area contributed by atoms with Crippen LogP contribution in [0.25, 0.3) is 0 Å². The standard InChI is InChI=1S/C20H25N3O2/c1-4-23(5-2)19-12-10-18(11-13-19)22-20(25)17-8-6-16(7-9-17)14-21-15(3)24/h6-13H,4-5,14H2,1-3H3,(H,21,24)(H,22,25). The predicted molar refractivity (Wildman–Crippen MR) is 102 cm³/mol. The van der Waals surface area contributed by atoms with Crippen molar-refractivity contribution < 1.29 is 9.59 Å². The monoisotopic (exact) mass is 339 g/mol. The minimum Gasteiger partial charge on any atom is -0.372 e. The van der Waals surface area contributed by atoms with E-state index in [1.807, 2.05) is 36.4 Å². The Labute approximate surface area is 149 Å². The predicted octanol–water partition coefficient (Wildman–Crippen LogP) is 3.42. The molecule has 0 heterocycles. The molecule has 0 fully saturated rings. The summed E-state index contributed by atoms with van der Waals surface area (Å²) in [6.45, 7) is 8.08. The quantitative estimate of drug-likeness (QED) is 0.812. The van der Waals surface area contributed by atoms with Crippen LogP contribution in [-0.4, -0.2) is 24.9 Å². The second kappa shape index (κ2) is 8.87. The molecule has 2 rings (SSSR count). The third-order valence-corrected chi connectivity index (χ3v) is 4.01. The molecule has 0 atom stereocenters. The van der Waals surface area contributed by atoms with Gasteiger partial charge in [-0.25, -0.2) is 0 Å². The van der Waals surface area contributed by atoms with Crippen LogP contribution >= 0.6 is 0 Å². The minimum atomic E-state index is -0.151. The van der Waals surface area contributed by atoms with Crippen LogP contribution in [0, 0.1) is 0 Å². The number of rotatable bonds is 7. The fraction of sp³-hybridized carbons (Fsp3) is 0.300. The van der Waals surface area contributed by atoms with Gasteiger partial charge in [0.1, 0.15) is 0 Å². The molecular weight excluding hydrogens is 314 g/mol. The Hall–Kier alpha value is -2.82. The largest absolute Gasteiger partial charge is 0.372 e. The molecule has 0 aromatic heterocycles. The highest BCUT2D eigenvalue weighted by molar-refractivity contribution is 6.04. The van der Waals surface area contributed by atoms with Crippen molar-refractivity contribution in [1.29, 1.82) is 0 Å². The molecule has 0 spiro atoms. The van der Waals surface area contributed by atoms with Crippen LogP contribution in [0.2, 0.25) is 0 Å². The normalized spacial score (nSPS) is 10.2. The van der Waals surface area contributed by atoms with Crippen LogP contribution < -0.4 is 15.5 Å². The van der Waals surface area contributed by atoms with Crippen molar-refractivity contribution in [2.75, 3.05) is 23.3 Å². The van der Waals surface area contributed by atoms with Crippen molar-refractivity contribution >= 4 is 23.2 Å². The zero-order valence-corrected chi connectivity index (χ0v) is 15.0. The second-order valence-electron chi connectivity index (χ2n) is 5.78. The topological polar surface area (TPSA) is 61.4 Å². The Bertz CT molecular complexity index is 705. The highest BCUT2D eigenvalue weighted by Crippen LogP contribution is 2.18. The molecule has 2 amide bonds. The summed E-state index contributed by atoms with van der Waals surface area (Å²) in [6, 6.07) is 15.1. The molecule has 0 radical (unpaired) electrons. The Morgan fingerprint density at radius 3 is 2.04 bits per heavy atom. The molecule has 5 heteroatoms. The van der Waals surface area contributed by atoms with Crippen molar-refractivity contribution in [1.82, 2.24) is 5.32 Å². The Morgan fingerprint density at radius 2 is 1.52 bits per heavy atom. The number of benzene rings is 2. The molecule has 0 saturated heterocycles. The van der Waals surface area contributed by atoms with Crippen LogP contribution in [0.1, 0.15) is 36.7 Å². The summed E-state index contributed by atoms with van der Waals surface area (Å²) in [5, 5.41) is 5.63. The van der Waals surface area contributed by atoms with Crippen molar-refractivity contribution in [2.45, 2.75) is 27.3 Å². The van der Waals surface area contributed by atoms with Gasteiger partial charge in [-0.15, -0.1) is 0 Å². The number of carbonyl (C=O) groups excluding carboxylic acids is 2. The smallest absolute Gasteiger partial charge is 0.255 e. The van der Waals surface area contributed by atoms with Crippen LogP contribution in [0.5, 0.6) is 0 Å². The summed E-state index contributed by atoms with van der Waals surface area (Å²) in [6.07, 6.45) is 0.